The van der Waals surface area contributed by atoms with Crippen molar-refractivity contribution in [3.63, 3.8) is 0 Å². The smallest absolute Gasteiger partial charge is 0.253 e. The maximum atomic E-state index is 12.6. The number of carbonyl (C=O) groups is 1. The molecule has 106 valence electrons. The SMILES string of the molecule is CC(C)(C)C1CCN(C(=O)c2ccc3cn[nH]c3c2)C1. The van der Waals surface area contributed by atoms with Gasteiger partial charge in [0, 0.05) is 24.0 Å². The zero-order valence-corrected chi connectivity index (χ0v) is 12.3. The molecule has 2 aromatic rings. The molecule has 0 spiro atoms. The Kier molecular flexibility index (Phi) is 3.04. The van der Waals surface area contributed by atoms with E-state index in [2.05, 4.69) is 31.0 Å². The van der Waals surface area contributed by atoms with Crippen molar-refractivity contribution >= 4 is 16.8 Å². The number of likely N-dealkylation sites (tertiary alicyclic amines) is 1. The summed E-state index contributed by atoms with van der Waals surface area (Å²) in [5.41, 5.74) is 1.93. The van der Waals surface area contributed by atoms with Crippen LogP contribution in [0.25, 0.3) is 10.9 Å². The van der Waals surface area contributed by atoms with E-state index in [-0.39, 0.29) is 11.3 Å². The second-order valence-electron chi connectivity index (χ2n) is 6.77. The first kappa shape index (κ1) is 13.2. The quantitative estimate of drug-likeness (QED) is 0.866. The number of H-pyrrole nitrogens is 1. The third-order valence-electron chi connectivity index (χ3n) is 4.39. The monoisotopic (exact) mass is 271 g/mol. The molecule has 20 heavy (non-hydrogen) atoms. The Morgan fingerprint density at radius 1 is 1.40 bits per heavy atom. The number of aromatic amines is 1. The minimum Gasteiger partial charge on any atom is -0.338 e. The van der Waals surface area contributed by atoms with E-state index < -0.39 is 0 Å². The van der Waals surface area contributed by atoms with Crippen molar-refractivity contribution in [3.8, 4) is 0 Å². The Balaban J connectivity index is 1.79. The van der Waals surface area contributed by atoms with E-state index >= 15 is 0 Å². The number of fused-ring (bicyclic) bond motifs is 1. The molecule has 2 heterocycles. The van der Waals surface area contributed by atoms with Crippen LogP contribution in [0.3, 0.4) is 0 Å². The summed E-state index contributed by atoms with van der Waals surface area (Å²) < 4.78 is 0. The molecule has 4 heteroatoms. The van der Waals surface area contributed by atoms with Crippen molar-refractivity contribution in [3.05, 3.63) is 30.0 Å². The summed E-state index contributed by atoms with van der Waals surface area (Å²) >= 11 is 0. The summed E-state index contributed by atoms with van der Waals surface area (Å²) in [4.78, 5) is 14.6. The van der Waals surface area contributed by atoms with Crippen molar-refractivity contribution in [2.75, 3.05) is 13.1 Å². The first-order valence-corrected chi connectivity index (χ1v) is 7.17. The lowest BCUT2D eigenvalue weighted by molar-refractivity contribution is 0.0776. The van der Waals surface area contributed by atoms with E-state index in [0.717, 1.165) is 36.0 Å². The molecule has 1 aromatic heterocycles. The number of hydrogen-bond acceptors (Lipinski definition) is 2. The lowest BCUT2D eigenvalue weighted by atomic mass is 9.80. The Morgan fingerprint density at radius 3 is 2.90 bits per heavy atom. The molecule has 0 saturated carbocycles. The minimum atomic E-state index is 0.133. The van der Waals surface area contributed by atoms with Gasteiger partial charge in [-0.3, -0.25) is 9.89 Å². The van der Waals surface area contributed by atoms with Crippen LogP contribution in [0.2, 0.25) is 0 Å². The maximum Gasteiger partial charge on any atom is 0.253 e. The minimum absolute atomic E-state index is 0.133. The normalized spacial score (nSPS) is 19.8. The fraction of sp³-hybridized carbons (Fsp3) is 0.500. The number of benzene rings is 1. The average Bonchev–Trinajstić information content (AvgIpc) is 3.05. The molecule has 1 aliphatic heterocycles. The van der Waals surface area contributed by atoms with Gasteiger partial charge in [-0.05, 0) is 29.9 Å². The van der Waals surface area contributed by atoms with Crippen LogP contribution in [0.1, 0.15) is 37.6 Å². The molecule has 3 rings (SSSR count). The highest BCUT2D eigenvalue weighted by Gasteiger charge is 2.34. The third-order valence-corrected chi connectivity index (χ3v) is 4.39. The average molecular weight is 271 g/mol. The molecule has 1 unspecified atom stereocenters. The Labute approximate surface area is 119 Å². The predicted molar refractivity (Wildman–Crippen MR) is 79.6 cm³/mol. The van der Waals surface area contributed by atoms with Crippen molar-refractivity contribution in [2.45, 2.75) is 27.2 Å². The number of rotatable bonds is 1. The number of amides is 1. The summed E-state index contributed by atoms with van der Waals surface area (Å²) in [6.45, 7) is 8.48. The zero-order chi connectivity index (χ0) is 14.3. The zero-order valence-electron chi connectivity index (χ0n) is 12.3. The highest BCUT2D eigenvalue weighted by atomic mass is 16.2. The summed E-state index contributed by atoms with van der Waals surface area (Å²) in [6.07, 6.45) is 2.87. The van der Waals surface area contributed by atoms with Crippen molar-refractivity contribution in [1.29, 1.82) is 0 Å². The fourth-order valence-corrected chi connectivity index (χ4v) is 2.90. The Hall–Kier alpha value is -1.84. The van der Waals surface area contributed by atoms with Gasteiger partial charge in [0.1, 0.15) is 0 Å². The van der Waals surface area contributed by atoms with Crippen LogP contribution in [0.15, 0.2) is 24.4 Å². The van der Waals surface area contributed by atoms with Crippen LogP contribution in [0.5, 0.6) is 0 Å². The van der Waals surface area contributed by atoms with E-state index in [1.165, 1.54) is 0 Å². The molecule has 1 amide bonds. The van der Waals surface area contributed by atoms with Crippen molar-refractivity contribution in [2.24, 2.45) is 11.3 Å². The van der Waals surface area contributed by atoms with Crippen molar-refractivity contribution < 1.29 is 4.79 Å². The molecule has 1 N–H and O–H groups in total. The first-order valence-electron chi connectivity index (χ1n) is 7.17. The summed E-state index contributed by atoms with van der Waals surface area (Å²) in [5, 5.41) is 7.95. The van der Waals surface area contributed by atoms with Gasteiger partial charge in [-0.25, -0.2) is 0 Å². The maximum absolute atomic E-state index is 12.6. The standard InChI is InChI=1S/C16H21N3O/c1-16(2,3)13-6-7-19(10-13)15(20)11-4-5-12-9-17-18-14(12)8-11/h4-5,8-9,13H,6-7,10H2,1-3H3,(H,17,18). The summed E-state index contributed by atoms with van der Waals surface area (Å²) in [7, 11) is 0. The molecule has 1 fully saturated rings. The van der Waals surface area contributed by atoms with Gasteiger partial charge >= 0.3 is 0 Å². The third kappa shape index (κ3) is 2.30. The van der Waals surface area contributed by atoms with E-state index in [1.54, 1.807) is 6.20 Å². The number of hydrogen-bond donors (Lipinski definition) is 1. The number of carbonyl (C=O) groups excluding carboxylic acids is 1. The fourth-order valence-electron chi connectivity index (χ4n) is 2.90. The molecular formula is C16H21N3O. The number of nitrogens with one attached hydrogen (secondary N) is 1. The van der Waals surface area contributed by atoms with Gasteiger partial charge in [0.2, 0.25) is 0 Å². The largest absolute Gasteiger partial charge is 0.338 e. The molecule has 1 aliphatic rings. The molecule has 1 saturated heterocycles. The van der Waals surface area contributed by atoms with Crippen LogP contribution in [-0.2, 0) is 0 Å². The van der Waals surface area contributed by atoms with Gasteiger partial charge in [-0.15, -0.1) is 0 Å². The van der Waals surface area contributed by atoms with Gasteiger partial charge in [-0.2, -0.15) is 5.10 Å². The van der Waals surface area contributed by atoms with Crippen LogP contribution in [-0.4, -0.2) is 34.1 Å². The lowest BCUT2D eigenvalue weighted by Gasteiger charge is -2.27. The molecular weight excluding hydrogens is 250 g/mol. The number of nitrogens with zero attached hydrogens (tertiary/aromatic N) is 2. The van der Waals surface area contributed by atoms with Gasteiger partial charge in [0.05, 0.1) is 11.7 Å². The van der Waals surface area contributed by atoms with Gasteiger partial charge < -0.3 is 4.90 Å². The predicted octanol–water partition coefficient (Wildman–Crippen LogP) is 3.07. The van der Waals surface area contributed by atoms with Gasteiger partial charge in [-0.1, -0.05) is 26.8 Å². The second-order valence-corrected chi connectivity index (χ2v) is 6.77. The Bertz CT molecular complexity index is 638. The summed E-state index contributed by atoms with van der Waals surface area (Å²) in [6, 6.07) is 5.74. The van der Waals surface area contributed by atoms with Crippen LogP contribution < -0.4 is 0 Å². The van der Waals surface area contributed by atoms with E-state index in [9.17, 15) is 4.79 Å². The van der Waals surface area contributed by atoms with Crippen molar-refractivity contribution in [1.82, 2.24) is 15.1 Å². The topological polar surface area (TPSA) is 49.0 Å². The van der Waals surface area contributed by atoms with E-state index in [1.807, 2.05) is 23.1 Å². The molecule has 1 atom stereocenters. The summed E-state index contributed by atoms with van der Waals surface area (Å²) in [5.74, 6) is 0.718. The second kappa shape index (κ2) is 4.62. The van der Waals surface area contributed by atoms with Crippen LogP contribution in [0.4, 0.5) is 0 Å². The first-order chi connectivity index (χ1) is 9.45. The van der Waals surface area contributed by atoms with Crippen LogP contribution in [0, 0.1) is 11.3 Å². The Morgan fingerprint density at radius 2 is 2.20 bits per heavy atom. The van der Waals surface area contributed by atoms with E-state index in [4.69, 9.17) is 0 Å². The molecule has 1 aromatic carbocycles. The highest BCUT2D eigenvalue weighted by Crippen LogP contribution is 2.34. The van der Waals surface area contributed by atoms with Gasteiger partial charge in [0.25, 0.3) is 5.91 Å². The molecule has 0 radical (unpaired) electrons. The molecule has 0 bridgehead atoms. The van der Waals surface area contributed by atoms with Gasteiger partial charge in [0.15, 0.2) is 0 Å². The molecule has 4 nitrogen and oxygen atoms in total. The number of aromatic nitrogens is 2. The lowest BCUT2D eigenvalue weighted by Crippen LogP contribution is -2.31. The van der Waals surface area contributed by atoms with Crippen LogP contribution >= 0.6 is 0 Å². The highest BCUT2D eigenvalue weighted by molar-refractivity contribution is 5.97. The van der Waals surface area contributed by atoms with E-state index in [0.29, 0.717) is 5.92 Å². The molecule has 0 aliphatic carbocycles.